The smallest absolute Gasteiger partial charge is 0.271 e. The SMILES string of the molecule is CN1CCN(c2ccc(Nc3ncc(Cl)c(=O)[nH]3)cc2)CC1. The summed E-state index contributed by atoms with van der Waals surface area (Å²) >= 11 is 5.66. The van der Waals surface area contributed by atoms with Gasteiger partial charge in [0, 0.05) is 37.6 Å². The predicted octanol–water partition coefficient (Wildman–Crippen LogP) is 1.92. The fourth-order valence-electron chi connectivity index (χ4n) is 2.40. The van der Waals surface area contributed by atoms with E-state index in [4.69, 9.17) is 11.6 Å². The van der Waals surface area contributed by atoms with Crippen molar-refractivity contribution in [3.05, 3.63) is 45.8 Å². The summed E-state index contributed by atoms with van der Waals surface area (Å²) in [5.41, 5.74) is 1.72. The summed E-state index contributed by atoms with van der Waals surface area (Å²) in [6, 6.07) is 8.09. The van der Waals surface area contributed by atoms with Gasteiger partial charge in [0.05, 0.1) is 6.20 Å². The molecule has 1 saturated heterocycles. The Morgan fingerprint density at radius 3 is 2.50 bits per heavy atom. The minimum Gasteiger partial charge on any atom is -0.369 e. The van der Waals surface area contributed by atoms with Crippen molar-refractivity contribution in [2.24, 2.45) is 0 Å². The molecule has 0 atom stereocenters. The van der Waals surface area contributed by atoms with Gasteiger partial charge in [0.2, 0.25) is 5.95 Å². The minimum absolute atomic E-state index is 0.0796. The summed E-state index contributed by atoms with van der Waals surface area (Å²) in [4.78, 5) is 22.8. The molecule has 116 valence electrons. The van der Waals surface area contributed by atoms with E-state index in [2.05, 4.69) is 44.3 Å². The first kappa shape index (κ1) is 14.9. The van der Waals surface area contributed by atoms with Crippen LogP contribution < -0.4 is 15.8 Å². The molecule has 2 N–H and O–H groups in total. The van der Waals surface area contributed by atoms with Crippen molar-refractivity contribution in [2.45, 2.75) is 0 Å². The zero-order chi connectivity index (χ0) is 15.5. The fourth-order valence-corrected chi connectivity index (χ4v) is 2.50. The minimum atomic E-state index is -0.353. The van der Waals surface area contributed by atoms with Crippen LogP contribution in [-0.4, -0.2) is 48.1 Å². The van der Waals surface area contributed by atoms with Crippen LogP contribution in [0.4, 0.5) is 17.3 Å². The molecule has 22 heavy (non-hydrogen) atoms. The van der Waals surface area contributed by atoms with Crippen LogP contribution in [0, 0.1) is 0 Å². The summed E-state index contributed by atoms with van der Waals surface area (Å²) in [7, 11) is 2.14. The van der Waals surface area contributed by atoms with Crippen molar-refractivity contribution in [3.8, 4) is 0 Å². The van der Waals surface area contributed by atoms with E-state index in [0.717, 1.165) is 31.9 Å². The topological polar surface area (TPSA) is 64.3 Å². The number of hydrogen-bond acceptors (Lipinski definition) is 5. The highest BCUT2D eigenvalue weighted by Crippen LogP contribution is 2.20. The van der Waals surface area contributed by atoms with Gasteiger partial charge >= 0.3 is 0 Å². The number of halogens is 1. The molecule has 6 nitrogen and oxygen atoms in total. The summed E-state index contributed by atoms with van der Waals surface area (Å²) in [6.45, 7) is 4.23. The quantitative estimate of drug-likeness (QED) is 0.905. The summed E-state index contributed by atoms with van der Waals surface area (Å²) in [5.74, 6) is 0.377. The number of aromatic amines is 1. The highest BCUT2D eigenvalue weighted by Gasteiger charge is 2.13. The fraction of sp³-hybridized carbons (Fsp3) is 0.333. The lowest BCUT2D eigenvalue weighted by molar-refractivity contribution is 0.313. The molecule has 1 fully saturated rings. The van der Waals surface area contributed by atoms with Crippen LogP contribution in [-0.2, 0) is 0 Å². The molecule has 0 saturated carbocycles. The molecule has 1 aromatic heterocycles. The van der Waals surface area contributed by atoms with E-state index < -0.39 is 0 Å². The number of anilines is 3. The Morgan fingerprint density at radius 2 is 1.86 bits per heavy atom. The normalized spacial score (nSPS) is 15.8. The zero-order valence-corrected chi connectivity index (χ0v) is 13.1. The van der Waals surface area contributed by atoms with Gasteiger partial charge in [-0.3, -0.25) is 9.78 Å². The molecule has 2 aromatic rings. The Morgan fingerprint density at radius 1 is 1.18 bits per heavy atom. The maximum Gasteiger partial charge on any atom is 0.271 e. The Balaban J connectivity index is 1.68. The predicted molar refractivity (Wildman–Crippen MR) is 89.3 cm³/mol. The molecule has 3 rings (SSSR count). The zero-order valence-electron chi connectivity index (χ0n) is 12.3. The maximum absolute atomic E-state index is 11.4. The van der Waals surface area contributed by atoms with Gasteiger partial charge in [-0.15, -0.1) is 0 Å². The second-order valence-electron chi connectivity index (χ2n) is 5.37. The van der Waals surface area contributed by atoms with Gasteiger partial charge in [-0.2, -0.15) is 0 Å². The molecule has 1 aromatic carbocycles. The van der Waals surface area contributed by atoms with Crippen LogP contribution >= 0.6 is 11.6 Å². The number of rotatable bonds is 3. The van der Waals surface area contributed by atoms with Crippen LogP contribution in [0.25, 0.3) is 0 Å². The molecule has 0 amide bonds. The molecule has 1 aliphatic rings. The highest BCUT2D eigenvalue weighted by molar-refractivity contribution is 6.30. The number of likely N-dealkylation sites (N-methyl/N-ethyl adjacent to an activating group) is 1. The van der Waals surface area contributed by atoms with Crippen molar-refractivity contribution in [3.63, 3.8) is 0 Å². The van der Waals surface area contributed by atoms with Gasteiger partial charge in [-0.25, -0.2) is 4.98 Å². The number of piperazine rings is 1. The van der Waals surface area contributed by atoms with Crippen LogP contribution in [0.5, 0.6) is 0 Å². The number of aromatic nitrogens is 2. The molecule has 0 aliphatic carbocycles. The van der Waals surface area contributed by atoms with E-state index in [1.165, 1.54) is 11.9 Å². The third-order valence-corrected chi connectivity index (χ3v) is 4.02. The largest absolute Gasteiger partial charge is 0.369 e. The summed E-state index contributed by atoms with van der Waals surface area (Å²) in [6.07, 6.45) is 1.33. The van der Waals surface area contributed by atoms with Gasteiger partial charge in [0.25, 0.3) is 5.56 Å². The number of H-pyrrole nitrogens is 1. The number of nitrogens with zero attached hydrogens (tertiary/aromatic N) is 3. The Hall–Kier alpha value is -2.05. The molecule has 2 heterocycles. The second-order valence-corrected chi connectivity index (χ2v) is 5.78. The molecule has 1 aliphatic heterocycles. The van der Waals surface area contributed by atoms with Crippen LogP contribution in [0.15, 0.2) is 35.3 Å². The lowest BCUT2D eigenvalue weighted by atomic mass is 10.2. The molecule has 0 spiro atoms. The summed E-state index contributed by atoms with van der Waals surface area (Å²) < 4.78 is 0. The van der Waals surface area contributed by atoms with Crippen LogP contribution in [0.1, 0.15) is 0 Å². The third-order valence-electron chi connectivity index (χ3n) is 3.75. The third kappa shape index (κ3) is 3.40. The van der Waals surface area contributed by atoms with Crippen molar-refractivity contribution >= 4 is 28.9 Å². The van der Waals surface area contributed by atoms with Gasteiger partial charge in [-0.05, 0) is 31.3 Å². The van der Waals surface area contributed by atoms with E-state index in [1.807, 2.05) is 12.1 Å². The molecule has 0 bridgehead atoms. The van der Waals surface area contributed by atoms with Crippen LogP contribution in [0.3, 0.4) is 0 Å². The first-order chi connectivity index (χ1) is 10.6. The van der Waals surface area contributed by atoms with E-state index in [0.29, 0.717) is 5.95 Å². The van der Waals surface area contributed by atoms with Crippen molar-refractivity contribution in [1.82, 2.24) is 14.9 Å². The van der Waals surface area contributed by atoms with E-state index in [9.17, 15) is 4.79 Å². The van der Waals surface area contributed by atoms with Gasteiger partial charge in [0.1, 0.15) is 5.02 Å². The number of hydrogen-bond donors (Lipinski definition) is 2. The monoisotopic (exact) mass is 319 g/mol. The van der Waals surface area contributed by atoms with E-state index in [1.54, 1.807) is 0 Å². The molecular formula is C15H18ClN5O. The molecule has 0 radical (unpaired) electrons. The van der Waals surface area contributed by atoms with Gasteiger partial charge in [0.15, 0.2) is 0 Å². The standard InChI is InChI=1S/C15H18ClN5O/c1-20-6-8-21(9-7-20)12-4-2-11(3-5-12)18-15-17-10-13(16)14(22)19-15/h2-5,10H,6-9H2,1H3,(H2,17,18,19,22). The lowest BCUT2D eigenvalue weighted by Crippen LogP contribution is -2.44. The number of benzene rings is 1. The van der Waals surface area contributed by atoms with Crippen molar-refractivity contribution in [1.29, 1.82) is 0 Å². The maximum atomic E-state index is 11.4. The second kappa shape index (κ2) is 6.37. The van der Waals surface area contributed by atoms with E-state index in [-0.39, 0.29) is 10.6 Å². The van der Waals surface area contributed by atoms with Crippen LogP contribution in [0.2, 0.25) is 5.02 Å². The van der Waals surface area contributed by atoms with Gasteiger partial charge < -0.3 is 15.1 Å². The van der Waals surface area contributed by atoms with Gasteiger partial charge in [-0.1, -0.05) is 11.6 Å². The molecule has 7 heteroatoms. The molecule has 0 unspecified atom stereocenters. The first-order valence-corrected chi connectivity index (χ1v) is 7.55. The average Bonchev–Trinajstić information content (AvgIpc) is 2.53. The lowest BCUT2D eigenvalue weighted by Gasteiger charge is -2.34. The Kier molecular flexibility index (Phi) is 4.31. The van der Waals surface area contributed by atoms with Crippen molar-refractivity contribution in [2.75, 3.05) is 43.4 Å². The number of nitrogens with one attached hydrogen (secondary N) is 2. The Labute approximate surface area is 133 Å². The molecular weight excluding hydrogens is 302 g/mol. The first-order valence-electron chi connectivity index (χ1n) is 7.17. The summed E-state index contributed by atoms with van der Waals surface area (Å²) in [5, 5.41) is 3.14. The van der Waals surface area contributed by atoms with E-state index >= 15 is 0 Å². The average molecular weight is 320 g/mol. The Bertz CT molecular complexity index is 692. The highest BCUT2D eigenvalue weighted by atomic mass is 35.5. The van der Waals surface area contributed by atoms with Crippen molar-refractivity contribution < 1.29 is 0 Å².